The van der Waals surface area contributed by atoms with Crippen LogP contribution >= 0.6 is 0 Å². The second-order valence-electron chi connectivity index (χ2n) is 7.82. The van der Waals surface area contributed by atoms with Crippen LogP contribution in [0.1, 0.15) is 43.7 Å². The SMILES string of the molecule is CN1CCN(CC(=O)N(C)C2(C#N)CCCCC2)[C@H](c2ccccc2)C1. The minimum absolute atomic E-state index is 0.0685. The average molecular weight is 354 g/mol. The van der Waals surface area contributed by atoms with E-state index in [1.807, 2.05) is 13.1 Å². The summed E-state index contributed by atoms with van der Waals surface area (Å²) >= 11 is 0. The zero-order chi connectivity index (χ0) is 18.6. The van der Waals surface area contributed by atoms with E-state index in [0.29, 0.717) is 6.54 Å². The van der Waals surface area contributed by atoms with E-state index < -0.39 is 5.54 Å². The molecular weight excluding hydrogens is 324 g/mol. The fraction of sp³-hybridized carbons (Fsp3) is 0.619. The molecule has 1 heterocycles. The number of hydrogen-bond donors (Lipinski definition) is 0. The largest absolute Gasteiger partial charge is 0.326 e. The molecule has 1 atom stereocenters. The zero-order valence-corrected chi connectivity index (χ0v) is 16.0. The number of piperazine rings is 1. The Labute approximate surface area is 157 Å². The molecule has 1 saturated heterocycles. The second kappa shape index (κ2) is 8.20. The van der Waals surface area contributed by atoms with Crippen molar-refractivity contribution < 1.29 is 4.79 Å². The van der Waals surface area contributed by atoms with Gasteiger partial charge in [0.2, 0.25) is 5.91 Å². The number of nitriles is 1. The Hall–Kier alpha value is -1.90. The van der Waals surface area contributed by atoms with Crippen molar-refractivity contribution in [3.05, 3.63) is 35.9 Å². The normalized spacial score (nSPS) is 24.0. The van der Waals surface area contributed by atoms with Crippen LogP contribution in [0.4, 0.5) is 0 Å². The first-order valence-electron chi connectivity index (χ1n) is 9.71. The molecule has 5 nitrogen and oxygen atoms in total. The van der Waals surface area contributed by atoms with Crippen LogP contribution in [0.25, 0.3) is 0 Å². The van der Waals surface area contributed by atoms with E-state index in [0.717, 1.165) is 45.3 Å². The van der Waals surface area contributed by atoms with Crippen LogP contribution < -0.4 is 0 Å². The molecule has 3 rings (SSSR count). The van der Waals surface area contributed by atoms with Gasteiger partial charge in [-0.25, -0.2) is 0 Å². The molecule has 1 aliphatic heterocycles. The summed E-state index contributed by atoms with van der Waals surface area (Å²) in [5.74, 6) is 0.0685. The Kier molecular flexibility index (Phi) is 5.95. The number of carbonyl (C=O) groups is 1. The molecule has 5 heteroatoms. The predicted molar refractivity (Wildman–Crippen MR) is 102 cm³/mol. The molecule has 140 valence electrons. The summed E-state index contributed by atoms with van der Waals surface area (Å²) in [6, 6.07) is 13.1. The van der Waals surface area contributed by atoms with Crippen LogP contribution in [-0.2, 0) is 4.79 Å². The van der Waals surface area contributed by atoms with Crippen molar-refractivity contribution in [2.75, 3.05) is 40.3 Å². The number of nitrogens with zero attached hydrogens (tertiary/aromatic N) is 4. The van der Waals surface area contributed by atoms with Crippen molar-refractivity contribution >= 4 is 5.91 Å². The molecule has 0 radical (unpaired) electrons. The van der Waals surface area contributed by atoms with Gasteiger partial charge in [-0.2, -0.15) is 5.26 Å². The smallest absolute Gasteiger partial charge is 0.237 e. The van der Waals surface area contributed by atoms with Crippen molar-refractivity contribution in [1.29, 1.82) is 5.26 Å². The van der Waals surface area contributed by atoms with E-state index in [9.17, 15) is 10.1 Å². The molecule has 1 amide bonds. The highest BCUT2D eigenvalue weighted by atomic mass is 16.2. The van der Waals surface area contributed by atoms with Crippen LogP contribution in [0.3, 0.4) is 0 Å². The monoisotopic (exact) mass is 354 g/mol. The maximum absolute atomic E-state index is 13.1. The standard InChI is InChI=1S/C21H30N4O/c1-23-13-14-25(19(15-23)18-9-5-3-6-10-18)16-20(26)24(2)21(17-22)11-7-4-8-12-21/h3,5-6,9-10,19H,4,7-8,11-16H2,1-2H3/t19-/m0/s1. The maximum Gasteiger partial charge on any atom is 0.237 e. The van der Waals surface area contributed by atoms with Gasteiger partial charge in [0.15, 0.2) is 0 Å². The van der Waals surface area contributed by atoms with Crippen LogP contribution in [0.2, 0.25) is 0 Å². The zero-order valence-electron chi connectivity index (χ0n) is 16.0. The summed E-state index contributed by atoms with van der Waals surface area (Å²) in [6.07, 6.45) is 4.84. The molecule has 26 heavy (non-hydrogen) atoms. The first-order chi connectivity index (χ1) is 12.6. The van der Waals surface area contributed by atoms with Gasteiger partial charge >= 0.3 is 0 Å². The van der Waals surface area contributed by atoms with Crippen LogP contribution in [0.5, 0.6) is 0 Å². The van der Waals surface area contributed by atoms with Gasteiger partial charge in [-0.15, -0.1) is 0 Å². The number of likely N-dealkylation sites (N-methyl/N-ethyl adjacent to an activating group) is 2. The Morgan fingerprint density at radius 1 is 1.23 bits per heavy atom. The molecule has 0 spiro atoms. The molecule has 2 fully saturated rings. The van der Waals surface area contributed by atoms with Crippen LogP contribution in [0.15, 0.2) is 30.3 Å². The number of benzene rings is 1. The lowest BCUT2D eigenvalue weighted by molar-refractivity contribution is -0.137. The lowest BCUT2D eigenvalue weighted by atomic mass is 9.81. The topological polar surface area (TPSA) is 50.6 Å². The highest BCUT2D eigenvalue weighted by Crippen LogP contribution is 2.33. The molecule has 0 bridgehead atoms. The van der Waals surface area contributed by atoms with Gasteiger partial charge in [0.05, 0.1) is 12.6 Å². The van der Waals surface area contributed by atoms with E-state index in [-0.39, 0.29) is 11.9 Å². The summed E-state index contributed by atoms with van der Waals surface area (Å²) < 4.78 is 0. The lowest BCUT2D eigenvalue weighted by Crippen LogP contribution is -2.55. The van der Waals surface area contributed by atoms with Crippen molar-refractivity contribution in [3.63, 3.8) is 0 Å². The van der Waals surface area contributed by atoms with Crippen molar-refractivity contribution in [2.45, 2.75) is 43.7 Å². The molecule has 1 aliphatic carbocycles. The summed E-state index contributed by atoms with van der Waals surface area (Å²) in [6.45, 7) is 3.14. The highest BCUT2D eigenvalue weighted by molar-refractivity contribution is 5.79. The van der Waals surface area contributed by atoms with Crippen LogP contribution in [-0.4, -0.2) is 66.4 Å². The first-order valence-corrected chi connectivity index (χ1v) is 9.71. The van der Waals surface area contributed by atoms with Crippen molar-refractivity contribution in [1.82, 2.24) is 14.7 Å². The van der Waals surface area contributed by atoms with Gasteiger partial charge in [-0.1, -0.05) is 49.6 Å². The lowest BCUT2D eigenvalue weighted by Gasteiger charge is -2.43. The van der Waals surface area contributed by atoms with E-state index >= 15 is 0 Å². The van der Waals surface area contributed by atoms with E-state index in [1.165, 1.54) is 12.0 Å². The van der Waals surface area contributed by atoms with Crippen LogP contribution in [0, 0.1) is 11.3 Å². The van der Waals surface area contributed by atoms with Gasteiger partial charge in [0.25, 0.3) is 0 Å². The van der Waals surface area contributed by atoms with Gasteiger partial charge in [0.1, 0.15) is 5.54 Å². The summed E-state index contributed by atoms with van der Waals surface area (Å²) in [7, 11) is 3.96. The molecule has 1 aromatic carbocycles. The third-order valence-corrected chi connectivity index (χ3v) is 6.12. The third-order valence-electron chi connectivity index (χ3n) is 6.12. The van der Waals surface area contributed by atoms with E-state index in [2.05, 4.69) is 47.2 Å². The molecular formula is C21H30N4O. The number of carbonyl (C=O) groups excluding carboxylic acids is 1. The molecule has 1 saturated carbocycles. The Bertz CT molecular complexity index is 648. The van der Waals surface area contributed by atoms with Gasteiger partial charge in [-0.3, -0.25) is 9.69 Å². The summed E-state index contributed by atoms with van der Waals surface area (Å²) in [4.78, 5) is 19.4. The van der Waals surface area contributed by atoms with E-state index in [1.54, 1.807) is 4.90 Å². The second-order valence-corrected chi connectivity index (χ2v) is 7.82. The fourth-order valence-electron chi connectivity index (χ4n) is 4.32. The maximum atomic E-state index is 13.1. The minimum atomic E-state index is -0.607. The number of rotatable bonds is 4. The molecule has 0 unspecified atom stereocenters. The van der Waals surface area contributed by atoms with Gasteiger partial charge < -0.3 is 9.80 Å². The quantitative estimate of drug-likeness (QED) is 0.834. The van der Waals surface area contributed by atoms with Gasteiger partial charge in [-0.05, 0) is 25.5 Å². The highest BCUT2D eigenvalue weighted by Gasteiger charge is 2.40. The Morgan fingerprint density at radius 3 is 2.58 bits per heavy atom. The first kappa shape index (κ1) is 18.9. The Balaban J connectivity index is 1.73. The number of hydrogen-bond acceptors (Lipinski definition) is 4. The minimum Gasteiger partial charge on any atom is -0.326 e. The van der Waals surface area contributed by atoms with Crippen molar-refractivity contribution in [2.24, 2.45) is 0 Å². The van der Waals surface area contributed by atoms with Crippen molar-refractivity contribution in [3.8, 4) is 6.07 Å². The van der Waals surface area contributed by atoms with Gasteiger partial charge in [0, 0.05) is 32.7 Å². The molecule has 0 N–H and O–H groups in total. The molecule has 2 aliphatic rings. The fourth-order valence-corrected chi connectivity index (χ4v) is 4.32. The molecule has 1 aromatic rings. The third kappa shape index (κ3) is 3.92. The number of amides is 1. The Morgan fingerprint density at radius 2 is 1.92 bits per heavy atom. The molecule has 0 aromatic heterocycles. The summed E-state index contributed by atoms with van der Waals surface area (Å²) in [5, 5.41) is 9.77. The predicted octanol–water partition coefficient (Wildman–Crippen LogP) is 2.66. The summed E-state index contributed by atoms with van der Waals surface area (Å²) in [5.41, 5.74) is 0.645. The van der Waals surface area contributed by atoms with E-state index in [4.69, 9.17) is 0 Å². The average Bonchev–Trinajstić information content (AvgIpc) is 2.69.